The standard InChI is InChI=1S/C14H14Cl2O/c1-2-12-6-7-14(17-12)13(16)9-10-4-3-5-11(15)8-10/h3-8,13H,2,9H2,1H3. The van der Waals surface area contributed by atoms with Gasteiger partial charge in [0.15, 0.2) is 0 Å². The maximum Gasteiger partial charge on any atom is 0.122 e. The van der Waals surface area contributed by atoms with E-state index in [0.717, 1.165) is 34.9 Å². The zero-order valence-corrected chi connectivity index (χ0v) is 11.1. The molecule has 0 amide bonds. The molecule has 0 N–H and O–H groups in total. The molecule has 0 radical (unpaired) electrons. The van der Waals surface area contributed by atoms with Crippen molar-refractivity contribution in [3.63, 3.8) is 0 Å². The maximum absolute atomic E-state index is 6.33. The van der Waals surface area contributed by atoms with Crippen LogP contribution in [0.4, 0.5) is 0 Å². The average molecular weight is 269 g/mol. The van der Waals surface area contributed by atoms with Crippen LogP contribution in [-0.4, -0.2) is 0 Å². The van der Waals surface area contributed by atoms with Crippen molar-refractivity contribution in [3.05, 3.63) is 58.5 Å². The molecule has 1 atom stereocenters. The second-order valence-electron chi connectivity index (χ2n) is 3.96. The largest absolute Gasteiger partial charge is 0.465 e. The van der Waals surface area contributed by atoms with Gasteiger partial charge in [0.1, 0.15) is 11.5 Å². The second-order valence-corrected chi connectivity index (χ2v) is 4.92. The van der Waals surface area contributed by atoms with Gasteiger partial charge in [-0.15, -0.1) is 11.6 Å². The first-order valence-corrected chi connectivity index (χ1v) is 6.47. The van der Waals surface area contributed by atoms with E-state index in [-0.39, 0.29) is 5.38 Å². The van der Waals surface area contributed by atoms with Crippen LogP contribution in [0.15, 0.2) is 40.8 Å². The quantitative estimate of drug-likeness (QED) is 0.710. The summed E-state index contributed by atoms with van der Waals surface area (Å²) < 4.78 is 5.63. The van der Waals surface area contributed by atoms with E-state index in [9.17, 15) is 0 Å². The van der Waals surface area contributed by atoms with Crippen molar-refractivity contribution in [1.29, 1.82) is 0 Å². The van der Waals surface area contributed by atoms with E-state index in [1.165, 1.54) is 0 Å². The second kappa shape index (κ2) is 5.61. The van der Waals surface area contributed by atoms with Crippen LogP contribution in [0.3, 0.4) is 0 Å². The summed E-state index contributed by atoms with van der Waals surface area (Å²) in [5, 5.41) is 0.592. The van der Waals surface area contributed by atoms with Gasteiger partial charge in [-0.3, -0.25) is 0 Å². The van der Waals surface area contributed by atoms with Crippen LogP contribution in [-0.2, 0) is 12.8 Å². The van der Waals surface area contributed by atoms with Crippen molar-refractivity contribution >= 4 is 23.2 Å². The fraction of sp³-hybridized carbons (Fsp3) is 0.286. The Hall–Kier alpha value is -0.920. The zero-order chi connectivity index (χ0) is 12.3. The predicted octanol–water partition coefficient (Wildman–Crippen LogP) is 5.02. The molecular formula is C14H14Cl2O. The van der Waals surface area contributed by atoms with E-state index in [4.69, 9.17) is 27.6 Å². The van der Waals surface area contributed by atoms with Gasteiger partial charge in [-0.05, 0) is 36.2 Å². The van der Waals surface area contributed by atoms with Gasteiger partial charge in [0.25, 0.3) is 0 Å². The van der Waals surface area contributed by atoms with Crippen LogP contribution in [0.25, 0.3) is 0 Å². The molecule has 0 spiro atoms. The minimum absolute atomic E-state index is 0.145. The van der Waals surface area contributed by atoms with Crippen LogP contribution in [0.2, 0.25) is 5.02 Å². The minimum Gasteiger partial charge on any atom is -0.465 e. The Morgan fingerprint density at radius 2 is 2.06 bits per heavy atom. The summed E-state index contributed by atoms with van der Waals surface area (Å²) in [5.74, 6) is 1.79. The molecule has 0 saturated heterocycles. The first-order chi connectivity index (χ1) is 8.19. The van der Waals surface area contributed by atoms with Crippen LogP contribution < -0.4 is 0 Å². The summed E-state index contributed by atoms with van der Waals surface area (Å²) in [6, 6.07) is 11.7. The van der Waals surface area contributed by atoms with Crippen LogP contribution in [0.5, 0.6) is 0 Å². The minimum atomic E-state index is -0.145. The number of halogens is 2. The first-order valence-electron chi connectivity index (χ1n) is 5.66. The molecule has 0 aliphatic carbocycles. The maximum atomic E-state index is 6.33. The van der Waals surface area contributed by atoms with Gasteiger partial charge in [-0.1, -0.05) is 30.7 Å². The summed E-state index contributed by atoms with van der Waals surface area (Å²) in [7, 11) is 0. The highest BCUT2D eigenvalue weighted by Crippen LogP contribution is 2.27. The summed E-state index contributed by atoms with van der Waals surface area (Å²) in [5.41, 5.74) is 1.12. The Labute approximate surface area is 111 Å². The van der Waals surface area contributed by atoms with E-state index < -0.39 is 0 Å². The molecule has 90 valence electrons. The molecule has 0 fully saturated rings. The fourth-order valence-electron chi connectivity index (χ4n) is 1.72. The van der Waals surface area contributed by atoms with E-state index in [1.54, 1.807) is 0 Å². The smallest absolute Gasteiger partial charge is 0.122 e. The zero-order valence-electron chi connectivity index (χ0n) is 9.62. The number of aryl methyl sites for hydroxylation is 1. The van der Waals surface area contributed by atoms with Crippen molar-refractivity contribution < 1.29 is 4.42 Å². The molecular weight excluding hydrogens is 255 g/mol. The number of furan rings is 1. The van der Waals surface area contributed by atoms with Gasteiger partial charge in [0.05, 0.1) is 5.38 Å². The monoisotopic (exact) mass is 268 g/mol. The number of alkyl halides is 1. The lowest BCUT2D eigenvalue weighted by Gasteiger charge is -2.07. The molecule has 0 bridgehead atoms. The molecule has 1 nitrogen and oxygen atoms in total. The van der Waals surface area contributed by atoms with E-state index in [0.29, 0.717) is 0 Å². The lowest BCUT2D eigenvalue weighted by atomic mass is 10.1. The topological polar surface area (TPSA) is 13.1 Å². The number of hydrogen-bond donors (Lipinski definition) is 0. The Morgan fingerprint density at radius 3 is 2.71 bits per heavy atom. The normalized spacial score (nSPS) is 12.6. The first kappa shape index (κ1) is 12.5. The molecule has 3 heteroatoms. The molecule has 0 saturated carbocycles. The van der Waals surface area contributed by atoms with Crippen LogP contribution >= 0.6 is 23.2 Å². The van der Waals surface area contributed by atoms with Crippen molar-refractivity contribution in [2.75, 3.05) is 0 Å². The van der Waals surface area contributed by atoms with Gasteiger partial charge >= 0.3 is 0 Å². The van der Waals surface area contributed by atoms with Gasteiger partial charge in [0, 0.05) is 11.4 Å². The van der Waals surface area contributed by atoms with Crippen LogP contribution in [0.1, 0.15) is 29.4 Å². The molecule has 1 heterocycles. The summed E-state index contributed by atoms with van der Waals surface area (Å²) in [6.45, 7) is 2.06. The third-order valence-corrected chi connectivity index (χ3v) is 3.25. The molecule has 17 heavy (non-hydrogen) atoms. The highest BCUT2D eigenvalue weighted by Gasteiger charge is 2.13. The van der Waals surface area contributed by atoms with E-state index in [1.807, 2.05) is 36.4 Å². The third kappa shape index (κ3) is 3.27. The van der Waals surface area contributed by atoms with Crippen molar-refractivity contribution in [2.24, 2.45) is 0 Å². The Balaban J connectivity index is 2.08. The molecule has 1 aromatic heterocycles. The average Bonchev–Trinajstić information content (AvgIpc) is 2.77. The summed E-state index contributed by atoms with van der Waals surface area (Å²) >= 11 is 12.3. The van der Waals surface area contributed by atoms with Gasteiger partial charge < -0.3 is 4.42 Å². The molecule has 2 aromatic rings. The molecule has 0 aliphatic rings. The number of rotatable bonds is 4. The van der Waals surface area contributed by atoms with E-state index >= 15 is 0 Å². The van der Waals surface area contributed by atoms with Gasteiger partial charge in [-0.2, -0.15) is 0 Å². The SMILES string of the molecule is CCc1ccc(C(Cl)Cc2cccc(Cl)c2)o1. The third-order valence-electron chi connectivity index (χ3n) is 2.64. The Bertz CT molecular complexity index is 490. The summed E-state index contributed by atoms with van der Waals surface area (Å²) in [6.07, 6.45) is 1.61. The van der Waals surface area contributed by atoms with Crippen LogP contribution in [0, 0.1) is 0 Å². The molecule has 1 aromatic carbocycles. The highest BCUT2D eigenvalue weighted by atomic mass is 35.5. The predicted molar refractivity (Wildman–Crippen MR) is 71.8 cm³/mol. The van der Waals surface area contributed by atoms with Crippen molar-refractivity contribution in [2.45, 2.75) is 25.1 Å². The van der Waals surface area contributed by atoms with Gasteiger partial charge in [0.2, 0.25) is 0 Å². The molecule has 0 aliphatic heterocycles. The fourth-order valence-corrected chi connectivity index (χ4v) is 2.23. The lowest BCUT2D eigenvalue weighted by molar-refractivity contribution is 0.464. The number of benzene rings is 1. The highest BCUT2D eigenvalue weighted by molar-refractivity contribution is 6.30. The Morgan fingerprint density at radius 1 is 1.24 bits per heavy atom. The molecule has 2 rings (SSSR count). The number of hydrogen-bond acceptors (Lipinski definition) is 1. The van der Waals surface area contributed by atoms with E-state index in [2.05, 4.69) is 6.92 Å². The Kier molecular flexibility index (Phi) is 4.14. The van der Waals surface area contributed by atoms with Crippen molar-refractivity contribution in [1.82, 2.24) is 0 Å². The van der Waals surface area contributed by atoms with Crippen molar-refractivity contribution in [3.8, 4) is 0 Å². The lowest BCUT2D eigenvalue weighted by Crippen LogP contribution is -1.94. The summed E-state index contributed by atoms with van der Waals surface area (Å²) in [4.78, 5) is 0. The molecule has 1 unspecified atom stereocenters. The van der Waals surface area contributed by atoms with Gasteiger partial charge in [-0.25, -0.2) is 0 Å².